The maximum Gasteiger partial charge on any atom is 0.411 e. The second-order valence-electron chi connectivity index (χ2n) is 9.26. The van der Waals surface area contributed by atoms with Gasteiger partial charge in [-0.1, -0.05) is 0 Å². The van der Waals surface area contributed by atoms with E-state index in [4.69, 9.17) is 4.74 Å². The molecule has 2 aromatic carbocycles. The molecule has 0 spiro atoms. The van der Waals surface area contributed by atoms with E-state index in [1.165, 1.54) is 0 Å². The van der Waals surface area contributed by atoms with Gasteiger partial charge in [0.1, 0.15) is 34.9 Å². The first kappa shape index (κ1) is 31.3. The minimum atomic E-state index is -5.05. The lowest BCUT2D eigenvalue weighted by molar-refractivity contribution is -0.177. The number of alkyl halides is 5. The van der Waals surface area contributed by atoms with Crippen LogP contribution in [0.5, 0.6) is 11.5 Å². The second-order valence-corrected chi connectivity index (χ2v) is 9.26. The molecule has 43 heavy (non-hydrogen) atoms. The highest BCUT2D eigenvalue weighted by atomic mass is 19.4. The van der Waals surface area contributed by atoms with Gasteiger partial charge in [0.2, 0.25) is 5.91 Å². The van der Waals surface area contributed by atoms with E-state index in [1.807, 2.05) is 0 Å². The number of anilines is 1. The Morgan fingerprint density at radius 3 is 2.23 bits per heavy atom. The second kappa shape index (κ2) is 12.3. The number of methoxy groups -OCH3 is 1. The predicted octanol–water partition coefficient (Wildman–Crippen LogP) is 3.76. The number of hydrogen-bond acceptors (Lipinski definition) is 6. The Bertz CT molecular complexity index is 1540. The van der Waals surface area contributed by atoms with Crippen molar-refractivity contribution in [1.82, 2.24) is 9.88 Å². The number of benzene rings is 2. The number of pyridine rings is 1. The van der Waals surface area contributed by atoms with Crippen LogP contribution in [0.25, 0.3) is 0 Å². The van der Waals surface area contributed by atoms with Crippen molar-refractivity contribution in [2.75, 3.05) is 25.2 Å². The molecule has 2 amide bonds. The summed E-state index contributed by atoms with van der Waals surface area (Å²) < 4.78 is 105. The number of carbonyl (C=O) groups excluding carboxylic acids is 2. The first-order valence-electron chi connectivity index (χ1n) is 12.4. The summed E-state index contributed by atoms with van der Waals surface area (Å²) in [6, 6.07) is 3.48. The zero-order valence-corrected chi connectivity index (χ0v) is 21.9. The van der Waals surface area contributed by atoms with Crippen LogP contribution in [0.15, 0.2) is 59.5 Å². The van der Waals surface area contributed by atoms with E-state index >= 15 is 8.78 Å². The Hall–Kier alpha value is -4.60. The molecule has 0 aliphatic carbocycles. The highest BCUT2D eigenvalue weighted by Gasteiger charge is 2.47. The van der Waals surface area contributed by atoms with Gasteiger partial charge < -0.3 is 24.8 Å². The third-order valence-corrected chi connectivity index (χ3v) is 6.73. The van der Waals surface area contributed by atoms with Crippen molar-refractivity contribution in [1.29, 1.82) is 0 Å². The zero-order chi connectivity index (χ0) is 31.6. The number of hydrogen-bond donors (Lipinski definition) is 2. The van der Waals surface area contributed by atoms with E-state index in [9.17, 15) is 41.4 Å². The van der Waals surface area contributed by atoms with Crippen molar-refractivity contribution < 1.29 is 54.9 Å². The lowest BCUT2D eigenvalue weighted by Gasteiger charge is -2.23. The Morgan fingerprint density at radius 1 is 1.07 bits per heavy atom. The van der Waals surface area contributed by atoms with Gasteiger partial charge in [-0.2, -0.15) is 22.0 Å². The number of ether oxygens (including phenoxy) is 2. The normalized spacial score (nSPS) is 17.7. The Kier molecular flexibility index (Phi) is 8.98. The molecule has 3 atom stereocenters. The van der Waals surface area contributed by atoms with E-state index < -0.39 is 84.2 Å². The summed E-state index contributed by atoms with van der Waals surface area (Å²) in [5.74, 6) is -6.42. The summed E-state index contributed by atoms with van der Waals surface area (Å²) in [5.41, 5.74) is -2.80. The average molecular weight is 617 g/mol. The number of rotatable bonds is 9. The van der Waals surface area contributed by atoms with Crippen LogP contribution in [0, 0.1) is 11.6 Å². The summed E-state index contributed by atoms with van der Waals surface area (Å²) in [5, 5.41) is 11.6. The third-order valence-electron chi connectivity index (χ3n) is 6.73. The van der Waals surface area contributed by atoms with Crippen molar-refractivity contribution in [3.63, 3.8) is 0 Å². The molecule has 1 saturated heterocycles. The van der Waals surface area contributed by atoms with Crippen molar-refractivity contribution in [3.8, 4) is 11.5 Å². The fourth-order valence-corrected chi connectivity index (χ4v) is 4.71. The van der Waals surface area contributed by atoms with E-state index in [0.29, 0.717) is 4.90 Å². The first-order chi connectivity index (χ1) is 20.3. The van der Waals surface area contributed by atoms with Gasteiger partial charge in [-0.15, -0.1) is 0 Å². The van der Waals surface area contributed by atoms with Crippen LogP contribution in [0.4, 0.5) is 36.4 Å². The van der Waals surface area contributed by atoms with Gasteiger partial charge in [0.05, 0.1) is 13.7 Å². The van der Waals surface area contributed by atoms with E-state index in [0.717, 1.165) is 61.8 Å². The monoisotopic (exact) mass is 617 g/mol. The van der Waals surface area contributed by atoms with Crippen LogP contribution in [-0.4, -0.2) is 60.6 Å². The summed E-state index contributed by atoms with van der Waals surface area (Å²) >= 11 is 0. The van der Waals surface area contributed by atoms with Gasteiger partial charge in [0.15, 0.2) is 6.04 Å². The lowest BCUT2D eigenvalue weighted by Crippen LogP contribution is -2.45. The number of carbonyl (C=O) groups is 2. The molecule has 1 aromatic heterocycles. The minimum Gasteiger partial charge on any atom is -0.497 e. The molecular formula is C27H22F7N3O6. The van der Waals surface area contributed by atoms with Gasteiger partial charge in [-0.3, -0.25) is 19.0 Å². The standard InChI is InChI=1S/C27H22F7N3O6/c1-42-15-9-17(28)21(18(29)10-15)16-11-37(19-3-2-8-36(24(19)40)20(12-38)27(32,33)34)25(41)22(16)35-23(39)13-4-6-14(7-5-13)43-26(30)31/h2-10,16,20,22,26,38H,11-12H2,1H3,(H,35,39)/t16-,20?,22-/m0/s1. The van der Waals surface area contributed by atoms with Crippen LogP contribution in [0.2, 0.25) is 0 Å². The van der Waals surface area contributed by atoms with Crippen LogP contribution in [0.1, 0.15) is 27.9 Å². The molecule has 1 unspecified atom stereocenters. The molecule has 4 rings (SSSR count). The molecule has 1 aliphatic rings. The quantitative estimate of drug-likeness (QED) is 0.354. The third kappa shape index (κ3) is 6.43. The van der Waals surface area contributed by atoms with Gasteiger partial charge >= 0.3 is 12.8 Å². The van der Waals surface area contributed by atoms with E-state index in [1.54, 1.807) is 0 Å². The molecule has 0 bridgehead atoms. The smallest absolute Gasteiger partial charge is 0.411 e. The first-order valence-corrected chi connectivity index (χ1v) is 12.4. The van der Waals surface area contributed by atoms with Crippen molar-refractivity contribution in [2.24, 2.45) is 0 Å². The molecule has 1 aliphatic heterocycles. The highest BCUT2D eigenvalue weighted by molar-refractivity contribution is 6.05. The van der Waals surface area contributed by atoms with Gasteiger partial charge in [0.25, 0.3) is 11.5 Å². The number of amides is 2. The van der Waals surface area contributed by atoms with E-state index in [2.05, 4.69) is 10.1 Å². The fourth-order valence-electron chi connectivity index (χ4n) is 4.71. The van der Waals surface area contributed by atoms with Crippen molar-refractivity contribution in [3.05, 3.63) is 87.8 Å². The fraction of sp³-hybridized carbons (Fsp3) is 0.296. The number of nitrogens with one attached hydrogen (secondary N) is 1. The van der Waals surface area contributed by atoms with Gasteiger partial charge in [-0.25, -0.2) is 8.78 Å². The molecule has 0 radical (unpaired) electrons. The topological polar surface area (TPSA) is 110 Å². The lowest BCUT2D eigenvalue weighted by atomic mass is 9.92. The number of aliphatic hydroxyl groups excluding tert-OH is 1. The molecule has 2 N–H and O–H groups in total. The molecule has 1 fully saturated rings. The molecule has 9 nitrogen and oxygen atoms in total. The molecule has 0 saturated carbocycles. The number of aromatic nitrogens is 1. The van der Waals surface area contributed by atoms with Crippen molar-refractivity contribution in [2.45, 2.75) is 30.8 Å². The van der Waals surface area contributed by atoms with Gasteiger partial charge in [0, 0.05) is 41.9 Å². The van der Waals surface area contributed by atoms with Gasteiger partial charge in [-0.05, 0) is 36.4 Å². The van der Waals surface area contributed by atoms with Crippen LogP contribution in [0.3, 0.4) is 0 Å². The Balaban J connectivity index is 1.76. The Labute approximate surface area is 238 Å². The van der Waals surface area contributed by atoms with Crippen LogP contribution in [-0.2, 0) is 4.79 Å². The summed E-state index contributed by atoms with van der Waals surface area (Å²) in [7, 11) is 1.15. The summed E-state index contributed by atoms with van der Waals surface area (Å²) in [6.07, 6.45) is -4.29. The highest BCUT2D eigenvalue weighted by Crippen LogP contribution is 2.36. The zero-order valence-electron chi connectivity index (χ0n) is 21.9. The maximum atomic E-state index is 15.2. The summed E-state index contributed by atoms with van der Waals surface area (Å²) in [4.78, 5) is 40.4. The number of aliphatic hydroxyl groups is 1. The Morgan fingerprint density at radius 2 is 1.70 bits per heavy atom. The molecule has 2 heterocycles. The SMILES string of the molecule is COc1cc(F)c([C@@H]2CN(c3cccn(C(CO)C(F)(F)F)c3=O)C(=O)[C@H]2NC(=O)c2ccc(OC(F)F)cc2)c(F)c1. The number of nitrogens with zero attached hydrogens (tertiary/aromatic N) is 2. The molecule has 3 aromatic rings. The average Bonchev–Trinajstić information content (AvgIpc) is 3.23. The molecule has 230 valence electrons. The summed E-state index contributed by atoms with van der Waals surface area (Å²) in [6.45, 7) is -5.28. The van der Waals surface area contributed by atoms with Crippen LogP contribution < -0.4 is 25.2 Å². The van der Waals surface area contributed by atoms with Crippen LogP contribution >= 0.6 is 0 Å². The minimum absolute atomic E-state index is 0.166. The van der Waals surface area contributed by atoms with Crippen molar-refractivity contribution >= 4 is 17.5 Å². The molecular weight excluding hydrogens is 595 g/mol. The van der Waals surface area contributed by atoms with E-state index in [-0.39, 0.29) is 21.6 Å². The number of halogens is 7. The maximum absolute atomic E-state index is 15.2. The molecule has 16 heteroatoms. The largest absolute Gasteiger partial charge is 0.497 e. The predicted molar refractivity (Wildman–Crippen MR) is 135 cm³/mol.